The molecule has 2 aromatic rings. The van der Waals surface area contributed by atoms with Gasteiger partial charge in [-0.2, -0.15) is 0 Å². The minimum absolute atomic E-state index is 0.0239. The van der Waals surface area contributed by atoms with Gasteiger partial charge in [-0.3, -0.25) is 4.79 Å². The molecule has 3 nitrogen and oxygen atoms in total. The normalized spacial score (nSPS) is 10.5. The predicted molar refractivity (Wildman–Crippen MR) is 85.9 cm³/mol. The molecule has 0 radical (unpaired) electrons. The number of hydrogen-bond donors (Lipinski definition) is 1. The fourth-order valence-corrected chi connectivity index (χ4v) is 2.15. The molecule has 0 heterocycles. The van der Waals surface area contributed by atoms with Crippen LogP contribution in [-0.2, 0) is 11.2 Å². The quantitative estimate of drug-likeness (QED) is 0.900. The number of methoxy groups -OCH3 is 1. The minimum Gasteiger partial charge on any atom is -0.497 e. The van der Waals surface area contributed by atoms with Crippen molar-refractivity contribution < 1.29 is 9.53 Å². The Balaban J connectivity index is 2.02. The second kappa shape index (κ2) is 6.93. The van der Waals surface area contributed by atoms with Crippen LogP contribution in [0.1, 0.15) is 30.9 Å². The summed E-state index contributed by atoms with van der Waals surface area (Å²) in [5.74, 6) is 1.19. The van der Waals surface area contributed by atoms with E-state index in [0.717, 1.165) is 17.0 Å². The topological polar surface area (TPSA) is 38.3 Å². The summed E-state index contributed by atoms with van der Waals surface area (Å²) in [4.78, 5) is 12.1. The van der Waals surface area contributed by atoms with Crippen molar-refractivity contribution in [1.29, 1.82) is 0 Å². The van der Waals surface area contributed by atoms with E-state index in [9.17, 15) is 4.79 Å². The van der Waals surface area contributed by atoms with Crippen LogP contribution in [0.2, 0.25) is 0 Å². The number of nitrogens with one attached hydrogen (secondary N) is 1. The molecule has 0 aliphatic rings. The zero-order valence-corrected chi connectivity index (χ0v) is 12.7. The van der Waals surface area contributed by atoms with Crippen LogP contribution in [0.5, 0.6) is 5.75 Å². The van der Waals surface area contributed by atoms with Gasteiger partial charge in [0.2, 0.25) is 5.91 Å². The number of hydrogen-bond acceptors (Lipinski definition) is 2. The van der Waals surface area contributed by atoms with Crippen LogP contribution in [0.3, 0.4) is 0 Å². The van der Waals surface area contributed by atoms with E-state index >= 15 is 0 Å². The summed E-state index contributed by atoms with van der Waals surface area (Å²) < 4.78 is 5.17. The molecule has 0 unspecified atom stereocenters. The number of carbonyl (C=O) groups excluding carboxylic acids is 1. The molecule has 0 aliphatic heterocycles. The van der Waals surface area contributed by atoms with Gasteiger partial charge in [-0.25, -0.2) is 0 Å². The highest BCUT2D eigenvalue weighted by molar-refractivity contribution is 5.92. The number of carbonyl (C=O) groups is 1. The third-order valence-electron chi connectivity index (χ3n) is 3.34. The lowest BCUT2D eigenvalue weighted by atomic mass is 10.0. The lowest BCUT2D eigenvalue weighted by molar-refractivity contribution is -0.115. The Kier molecular flexibility index (Phi) is 4.99. The highest BCUT2D eigenvalue weighted by atomic mass is 16.5. The van der Waals surface area contributed by atoms with E-state index in [4.69, 9.17) is 4.74 Å². The van der Waals surface area contributed by atoms with Crippen LogP contribution in [0, 0.1) is 0 Å². The van der Waals surface area contributed by atoms with Crippen LogP contribution >= 0.6 is 0 Å². The van der Waals surface area contributed by atoms with Gasteiger partial charge in [0.05, 0.1) is 13.5 Å². The summed E-state index contributed by atoms with van der Waals surface area (Å²) in [7, 11) is 1.62. The Morgan fingerprint density at radius 2 is 1.90 bits per heavy atom. The molecule has 0 spiro atoms. The summed E-state index contributed by atoms with van der Waals surface area (Å²) in [6.45, 7) is 4.27. The van der Waals surface area contributed by atoms with E-state index in [1.807, 2.05) is 42.5 Å². The Morgan fingerprint density at radius 3 is 2.62 bits per heavy atom. The van der Waals surface area contributed by atoms with Crippen LogP contribution in [0.25, 0.3) is 0 Å². The Hall–Kier alpha value is -2.29. The molecule has 110 valence electrons. The van der Waals surface area contributed by atoms with Gasteiger partial charge in [-0.1, -0.05) is 38.1 Å². The summed E-state index contributed by atoms with van der Waals surface area (Å²) >= 11 is 0. The molecule has 0 atom stereocenters. The minimum atomic E-state index is -0.0239. The molecule has 0 fully saturated rings. The van der Waals surface area contributed by atoms with Gasteiger partial charge >= 0.3 is 0 Å². The molecule has 1 N–H and O–H groups in total. The van der Waals surface area contributed by atoms with E-state index in [0.29, 0.717) is 12.3 Å². The molecule has 0 aliphatic carbocycles. The second-order valence-electron chi connectivity index (χ2n) is 5.36. The standard InChI is InChI=1S/C18H21NO2/c1-13(2)15-7-5-8-16(12-15)19-18(20)11-14-6-4-9-17(10-14)21-3/h4-10,12-13H,11H2,1-3H3,(H,19,20). The highest BCUT2D eigenvalue weighted by Crippen LogP contribution is 2.19. The smallest absolute Gasteiger partial charge is 0.228 e. The van der Waals surface area contributed by atoms with Crippen LogP contribution in [0.4, 0.5) is 5.69 Å². The molecule has 0 aromatic heterocycles. The summed E-state index contributed by atoms with van der Waals surface area (Å²) in [5, 5.41) is 2.94. The van der Waals surface area contributed by atoms with Crippen LogP contribution in [-0.4, -0.2) is 13.0 Å². The molecule has 0 bridgehead atoms. The van der Waals surface area contributed by atoms with Gasteiger partial charge < -0.3 is 10.1 Å². The van der Waals surface area contributed by atoms with E-state index in [1.165, 1.54) is 5.56 Å². The average molecular weight is 283 g/mol. The zero-order chi connectivity index (χ0) is 15.2. The van der Waals surface area contributed by atoms with Crippen molar-refractivity contribution in [3.8, 4) is 5.75 Å². The van der Waals surface area contributed by atoms with E-state index in [-0.39, 0.29) is 5.91 Å². The number of anilines is 1. The second-order valence-corrected chi connectivity index (χ2v) is 5.36. The Bertz CT molecular complexity index is 620. The summed E-state index contributed by atoms with van der Waals surface area (Å²) in [6.07, 6.45) is 0.336. The SMILES string of the molecule is COc1cccc(CC(=O)Nc2cccc(C(C)C)c2)c1. The van der Waals surface area contributed by atoms with Gasteiger partial charge in [0.1, 0.15) is 5.75 Å². The molecule has 2 aromatic carbocycles. The number of rotatable bonds is 5. The first-order valence-electron chi connectivity index (χ1n) is 7.11. The zero-order valence-electron chi connectivity index (χ0n) is 12.7. The van der Waals surface area contributed by atoms with Crippen molar-refractivity contribution >= 4 is 11.6 Å². The molecule has 21 heavy (non-hydrogen) atoms. The number of amides is 1. The molecule has 3 heteroatoms. The van der Waals surface area contributed by atoms with Gasteiger partial charge in [0.15, 0.2) is 0 Å². The molecule has 0 saturated heterocycles. The maximum absolute atomic E-state index is 12.1. The molecular formula is C18H21NO2. The first-order chi connectivity index (χ1) is 10.1. The lowest BCUT2D eigenvalue weighted by Gasteiger charge is -2.10. The third kappa shape index (κ3) is 4.35. The highest BCUT2D eigenvalue weighted by Gasteiger charge is 2.06. The average Bonchev–Trinajstić information content (AvgIpc) is 2.47. The fourth-order valence-electron chi connectivity index (χ4n) is 2.15. The van der Waals surface area contributed by atoms with Crippen molar-refractivity contribution in [3.05, 3.63) is 59.7 Å². The first kappa shape index (κ1) is 15.1. The van der Waals surface area contributed by atoms with Crippen molar-refractivity contribution in [2.75, 3.05) is 12.4 Å². The number of benzene rings is 2. The Labute approximate surface area is 126 Å². The fraction of sp³-hybridized carbons (Fsp3) is 0.278. The van der Waals surface area contributed by atoms with Crippen molar-refractivity contribution in [2.24, 2.45) is 0 Å². The third-order valence-corrected chi connectivity index (χ3v) is 3.34. The summed E-state index contributed by atoms with van der Waals surface area (Å²) in [6, 6.07) is 15.5. The molecule has 0 saturated carbocycles. The van der Waals surface area contributed by atoms with Crippen molar-refractivity contribution in [2.45, 2.75) is 26.2 Å². The van der Waals surface area contributed by atoms with Crippen LogP contribution in [0.15, 0.2) is 48.5 Å². The predicted octanol–water partition coefficient (Wildman–Crippen LogP) is 4.00. The summed E-state index contributed by atoms with van der Waals surface area (Å²) in [5.41, 5.74) is 3.00. The van der Waals surface area contributed by atoms with E-state index in [1.54, 1.807) is 7.11 Å². The monoisotopic (exact) mass is 283 g/mol. The van der Waals surface area contributed by atoms with Crippen molar-refractivity contribution in [1.82, 2.24) is 0 Å². The number of ether oxygens (including phenoxy) is 1. The Morgan fingerprint density at radius 1 is 1.14 bits per heavy atom. The lowest BCUT2D eigenvalue weighted by Crippen LogP contribution is -2.14. The first-order valence-corrected chi connectivity index (χ1v) is 7.11. The van der Waals surface area contributed by atoms with Gasteiger partial charge in [-0.15, -0.1) is 0 Å². The van der Waals surface area contributed by atoms with Gasteiger partial charge in [-0.05, 0) is 41.3 Å². The molecule has 1 amide bonds. The largest absolute Gasteiger partial charge is 0.497 e. The van der Waals surface area contributed by atoms with Crippen LogP contribution < -0.4 is 10.1 Å². The van der Waals surface area contributed by atoms with E-state index < -0.39 is 0 Å². The maximum Gasteiger partial charge on any atom is 0.228 e. The maximum atomic E-state index is 12.1. The van der Waals surface area contributed by atoms with Gasteiger partial charge in [0, 0.05) is 5.69 Å². The molecular weight excluding hydrogens is 262 g/mol. The van der Waals surface area contributed by atoms with Gasteiger partial charge in [0.25, 0.3) is 0 Å². The molecule has 2 rings (SSSR count). The van der Waals surface area contributed by atoms with Crippen molar-refractivity contribution in [3.63, 3.8) is 0 Å². The van der Waals surface area contributed by atoms with E-state index in [2.05, 4.69) is 25.2 Å².